The Bertz CT molecular complexity index is 202. The van der Waals surface area contributed by atoms with Gasteiger partial charge in [0, 0.05) is 13.1 Å². The molecule has 0 fully saturated rings. The van der Waals surface area contributed by atoms with Crippen LogP contribution in [0.25, 0.3) is 0 Å². The molecule has 0 aliphatic heterocycles. The van der Waals surface area contributed by atoms with Crippen molar-refractivity contribution in [2.75, 3.05) is 26.2 Å². The normalized spacial score (nSPS) is 13.6. The molecule has 1 unspecified atom stereocenters. The van der Waals surface area contributed by atoms with Crippen LogP contribution < -0.4 is 10.6 Å². The molecule has 0 aliphatic rings. The number of aliphatic hydroxyl groups is 1. The van der Waals surface area contributed by atoms with Gasteiger partial charge in [-0.05, 0) is 27.7 Å². The highest BCUT2D eigenvalue weighted by molar-refractivity contribution is 5.77. The average molecular weight is 232 g/mol. The molecular formula is C11H24N2O3. The van der Waals surface area contributed by atoms with Crippen LogP contribution in [0, 0.1) is 0 Å². The minimum Gasteiger partial charge on any atom is -0.389 e. The molecule has 16 heavy (non-hydrogen) atoms. The van der Waals surface area contributed by atoms with Crippen molar-refractivity contribution in [3.8, 4) is 0 Å². The monoisotopic (exact) mass is 232 g/mol. The van der Waals surface area contributed by atoms with Crippen LogP contribution in [0.15, 0.2) is 0 Å². The van der Waals surface area contributed by atoms with Crippen LogP contribution in [-0.4, -0.2) is 49.0 Å². The Morgan fingerprint density at radius 1 is 1.44 bits per heavy atom. The first-order valence-electron chi connectivity index (χ1n) is 5.64. The lowest BCUT2D eigenvalue weighted by molar-refractivity contribution is -0.120. The van der Waals surface area contributed by atoms with E-state index in [4.69, 9.17) is 4.74 Å². The average Bonchev–Trinajstić information content (AvgIpc) is 2.14. The van der Waals surface area contributed by atoms with Crippen molar-refractivity contribution in [3.05, 3.63) is 0 Å². The lowest BCUT2D eigenvalue weighted by atomic mass is 10.2. The summed E-state index contributed by atoms with van der Waals surface area (Å²) in [4.78, 5) is 11.1. The van der Waals surface area contributed by atoms with Crippen molar-refractivity contribution in [3.63, 3.8) is 0 Å². The van der Waals surface area contributed by atoms with Gasteiger partial charge < -0.3 is 20.5 Å². The summed E-state index contributed by atoms with van der Waals surface area (Å²) in [7, 11) is 0. The third kappa shape index (κ3) is 9.89. The molecule has 0 rings (SSSR count). The highest BCUT2D eigenvalue weighted by atomic mass is 16.5. The first kappa shape index (κ1) is 15.3. The number of nitrogens with one attached hydrogen (secondary N) is 2. The van der Waals surface area contributed by atoms with E-state index >= 15 is 0 Å². The Hall–Kier alpha value is -0.650. The van der Waals surface area contributed by atoms with Gasteiger partial charge in [-0.2, -0.15) is 0 Å². The van der Waals surface area contributed by atoms with Gasteiger partial charge in [-0.3, -0.25) is 4.79 Å². The fourth-order valence-corrected chi connectivity index (χ4v) is 1.02. The zero-order valence-corrected chi connectivity index (χ0v) is 10.7. The molecule has 5 heteroatoms. The first-order valence-corrected chi connectivity index (χ1v) is 5.64. The number of ether oxygens (including phenoxy) is 1. The Morgan fingerprint density at radius 2 is 2.06 bits per heavy atom. The van der Waals surface area contributed by atoms with Crippen LogP contribution in [0.2, 0.25) is 0 Å². The molecule has 0 saturated heterocycles. The Kier molecular flexibility index (Phi) is 7.29. The maximum absolute atomic E-state index is 11.1. The van der Waals surface area contributed by atoms with Crippen LogP contribution >= 0.6 is 0 Å². The molecule has 0 saturated carbocycles. The smallest absolute Gasteiger partial charge is 0.233 e. The molecule has 0 aromatic heterocycles. The van der Waals surface area contributed by atoms with Gasteiger partial charge in [0.1, 0.15) is 0 Å². The third-order valence-corrected chi connectivity index (χ3v) is 1.75. The van der Waals surface area contributed by atoms with Gasteiger partial charge in [-0.25, -0.2) is 0 Å². The minimum absolute atomic E-state index is 0.0635. The van der Waals surface area contributed by atoms with Crippen LogP contribution in [0.5, 0.6) is 0 Å². The summed E-state index contributed by atoms with van der Waals surface area (Å²) in [6.07, 6.45) is -0.589. The fourth-order valence-electron chi connectivity index (χ4n) is 1.02. The van der Waals surface area contributed by atoms with Crippen molar-refractivity contribution in [1.82, 2.24) is 10.6 Å². The summed E-state index contributed by atoms with van der Waals surface area (Å²) < 4.78 is 5.41. The van der Waals surface area contributed by atoms with Crippen molar-refractivity contribution < 1.29 is 14.6 Å². The van der Waals surface area contributed by atoms with Gasteiger partial charge in [0.15, 0.2) is 0 Å². The summed E-state index contributed by atoms with van der Waals surface area (Å²) in [5.41, 5.74) is -0.249. The number of carbonyl (C=O) groups excluding carboxylic acids is 1. The highest BCUT2D eigenvalue weighted by Crippen LogP contribution is 2.06. The van der Waals surface area contributed by atoms with Crippen molar-refractivity contribution in [1.29, 1.82) is 0 Å². The molecule has 0 aliphatic carbocycles. The molecule has 0 aromatic rings. The van der Waals surface area contributed by atoms with E-state index in [0.717, 1.165) is 0 Å². The van der Waals surface area contributed by atoms with E-state index < -0.39 is 6.10 Å². The molecule has 1 atom stereocenters. The molecule has 5 nitrogen and oxygen atoms in total. The van der Waals surface area contributed by atoms with Gasteiger partial charge in [0.2, 0.25) is 5.91 Å². The minimum atomic E-state index is -0.589. The number of amides is 1. The second-order valence-electron chi connectivity index (χ2n) is 4.66. The Labute approximate surface area is 97.6 Å². The van der Waals surface area contributed by atoms with E-state index in [2.05, 4.69) is 10.6 Å². The Balaban J connectivity index is 3.51. The molecule has 1 amide bonds. The quantitative estimate of drug-likeness (QED) is 0.573. The summed E-state index contributed by atoms with van der Waals surface area (Å²) in [6, 6.07) is 0. The van der Waals surface area contributed by atoms with E-state index in [9.17, 15) is 9.90 Å². The van der Waals surface area contributed by atoms with Crippen molar-refractivity contribution in [2.24, 2.45) is 0 Å². The van der Waals surface area contributed by atoms with Crippen molar-refractivity contribution >= 4 is 5.91 Å². The fraction of sp³-hybridized carbons (Fsp3) is 0.909. The number of likely N-dealkylation sites (N-methyl/N-ethyl adjacent to an activating group) is 1. The topological polar surface area (TPSA) is 70.6 Å². The van der Waals surface area contributed by atoms with E-state index in [-0.39, 0.29) is 24.7 Å². The maximum Gasteiger partial charge on any atom is 0.233 e. The van der Waals surface area contributed by atoms with Crippen LogP contribution in [0.1, 0.15) is 27.7 Å². The Morgan fingerprint density at radius 3 is 2.56 bits per heavy atom. The van der Waals surface area contributed by atoms with Gasteiger partial charge in [-0.1, -0.05) is 0 Å². The third-order valence-electron chi connectivity index (χ3n) is 1.75. The second-order valence-corrected chi connectivity index (χ2v) is 4.66. The molecule has 0 spiro atoms. The van der Waals surface area contributed by atoms with Gasteiger partial charge in [0.25, 0.3) is 0 Å². The maximum atomic E-state index is 11.1. The lowest BCUT2D eigenvalue weighted by Crippen LogP contribution is -2.39. The molecule has 0 aromatic carbocycles. The standard InChI is InChI=1S/C11H24N2O3/c1-5-13-10(15)7-12-6-9(14)8-16-11(2,3)4/h9,12,14H,5-8H2,1-4H3,(H,13,15). The van der Waals surface area contributed by atoms with Crippen LogP contribution in [0.3, 0.4) is 0 Å². The van der Waals surface area contributed by atoms with Crippen molar-refractivity contribution in [2.45, 2.75) is 39.4 Å². The molecule has 0 heterocycles. The SMILES string of the molecule is CCNC(=O)CNCC(O)COC(C)(C)C. The summed E-state index contributed by atoms with van der Waals surface area (Å²) >= 11 is 0. The number of carbonyl (C=O) groups is 1. The molecule has 3 N–H and O–H groups in total. The summed E-state index contributed by atoms with van der Waals surface area (Å²) in [5, 5.41) is 15.1. The van der Waals surface area contributed by atoms with E-state index in [1.165, 1.54) is 0 Å². The van der Waals surface area contributed by atoms with Crippen LogP contribution in [0.4, 0.5) is 0 Å². The predicted octanol–water partition coefficient (Wildman–Crippen LogP) is -0.112. The second kappa shape index (κ2) is 7.60. The number of rotatable bonds is 7. The largest absolute Gasteiger partial charge is 0.389 e. The zero-order chi connectivity index (χ0) is 12.6. The number of hydrogen-bond donors (Lipinski definition) is 3. The zero-order valence-electron chi connectivity index (χ0n) is 10.7. The van der Waals surface area contributed by atoms with Gasteiger partial charge in [0.05, 0.1) is 24.9 Å². The molecule has 0 radical (unpaired) electrons. The van der Waals surface area contributed by atoms with Gasteiger partial charge >= 0.3 is 0 Å². The number of hydrogen-bond acceptors (Lipinski definition) is 4. The highest BCUT2D eigenvalue weighted by Gasteiger charge is 2.13. The van der Waals surface area contributed by atoms with E-state index in [0.29, 0.717) is 13.1 Å². The first-order chi connectivity index (χ1) is 7.35. The van der Waals surface area contributed by atoms with Gasteiger partial charge in [-0.15, -0.1) is 0 Å². The number of aliphatic hydroxyl groups excluding tert-OH is 1. The lowest BCUT2D eigenvalue weighted by Gasteiger charge is -2.22. The molecular weight excluding hydrogens is 208 g/mol. The van der Waals surface area contributed by atoms with E-state index in [1.807, 2.05) is 27.7 Å². The molecule has 0 bridgehead atoms. The summed E-state index contributed by atoms with van der Waals surface area (Å²) in [6.45, 7) is 9.13. The predicted molar refractivity (Wildman–Crippen MR) is 63.3 cm³/mol. The van der Waals surface area contributed by atoms with E-state index in [1.54, 1.807) is 0 Å². The molecule has 96 valence electrons. The summed E-state index contributed by atoms with van der Waals surface area (Å²) in [5.74, 6) is -0.0635. The van der Waals surface area contributed by atoms with Crippen LogP contribution in [-0.2, 0) is 9.53 Å².